The van der Waals surface area contributed by atoms with E-state index >= 15 is 0 Å². The van der Waals surface area contributed by atoms with E-state index in [1.807, 2.05) is 67.3 Å². The lowest BCUT2D eigenvalue weighted by Gasteiger charge is -2.40. The molecule has 0 aromatic heterocycles. The molecule has 2 atom stereocenters. The van der Waals surface area contributed by atoms with Crippen LogP contribution in [0.5, 0.6) is 5.75 Å². The van der Waals surface area contributed by atoms with Gasteiger partial charge in [-0.05, 0) is 49.9 Å². The van der Waals surface area contributed by atoms with Crippen LogP contribution in [0.4, 0.5) is 0 Å². The van der Waals surface area contributed by atoms with E-state index < -0.39 is 0 Å². The third kappa shape index (κ3) is 4.97. The molecule has 0 saturated carbocycles. The van der Waals surface area contributed by atoms with Crippen LogP contribution < -0.4 is 10.1 Å². The number of rotatable bonds is 7. The minimum absolute atomic E-state index is 0.0232. The fraction of sp³-hybridized carbons (Fsp3) is 0.417. The standard InChI is InChI=1S/C24H30N2O3/c1-4-26-22(27)14-13-21(23(26)19-9-5-17(2)6-10-19)24(28)25-16-15-18-7-11-20(29-3)12-8-18/h5-12,21,23H,4,13-16H2,1-3H3,(H,25,28)/t21-,23+/m1/s1. The normalized spacial score (nSPS) is 19.1. The largest absolute Gasteiger partial charge is 0.497 e. The number of nitrogens with zero attached hydrogens (tertiary/aromatic N) is 1. The topological polar surface area (TPSA) is 58.6 Å². The molecule has 5 nitrogen and oxygen atoms in total. The Hall–Kier alpha value is -2.82. The Morgan fingerprint density at radius 2 is 1.83 bits per heavy atom. The van der Waals surface area contributed by atoms with E-state index in [1.165, 1.54) is 5.56 Å². The molecule has 1 heterocycles. The van der Waals surface area contributed by atoms with Crippen molar-refractivity contribution in [3.8, 4) is 5.75 Å². The van der Waals surface area contributed by atoms with Crippen molar-refractivity contribution in [2.24, 2.45) is 5.92 Å². The van der Waals surface area contributed by atoms with Crippen LogP contribution in [-0.2, 0) is 16.0 Å². The Kier molecular flexibility index (Phi) is 6.91. The molecule has 1 saturated heterocycles. The first-order valence-electron chi connectivity index (χ1n) is 10.3. The lowest BCUT2D eigenvalue weighted by molar-refractivity contribution is -0.143. The second-order valence-electron chi connectivity index (χ2n) is 7.57. The molecule has 1 fully saturated rings. The molecule has 0 aliphatic carbocycles. The van der Waals surface area contributed by atoms with Crippen LogP contribution in [0.2, 0.25) is 0 Å². The number of aryl methyl sites for hydroxylation is 1. The van der Waals surface area contributed by atoms with Gasteiger partial charge in [0.15, 0.2) is 0 Å². The second-order valence-corrected chi connectivity index (χ2v) is 7.57. The highest BCUT2D eigenvalue weighted by molar-refractivity contribution is 5.85. The molecule has 2 aromatic carbocycles. The summed E-state index contributed by atoms with van der Waals surface area (Å²) >= 11 is 0. The number of likely N-dealkylation sites (tertiary alicyclic amines) is 1. The van der Waals surface area contributed by atoms with E-state index in [1.54, 1.807) is 7.11 Å². The zero-order valence-corrected chi connectivity index (χ0v) is 17.5. The molecule has 0 spiro atoms. The van der Waals surface area contributed by atoms with Crippen LogP contribution in [0.15, 0.2) is 48.5 Å². The van der Waals surface area contributed by atoms with Crippen molar-refractivity contribution in [3.63, 3.8) is 0 Å². The fourth-order valence-corrected chi connectivity index (χ4v) is 4.03. The van der Waals surface area contributed by atoms with Gasteiger partial charge in [-0.3, -0.25) is 9.59 Å². The summed E-state index contributed by atoms with van der Waals surface area (Å²) in [6, 6.07) is 15.8. The second kappa shape index (κ2) is 9.59. The third-order valence-electron chi connectivity index (χ3n) is 5.67. The van der Waals surface area contributed by atoms with Gasteiger partial charge in [-0.2, -0.15) is 0 Å². The van der Waals surface area contributed by atoms with Crippen molar-refractivity contribution in [1.82, 2.24) is 10.2 Å². The van der Waals surface area contributed by atoms with Crippen LogP contribution in [0.3, 0.4) is 0 Å². The van der Waals surface area contributed by atoms with E-state index in [2.05, 4.69) is 5.32 Å². The number of methoxy groups -OCH3 is 1. The summed E-state index contributed by atoms with van der Waals surface area (Å²) in [7, 11) is 1.65. The molecule has 2 aromatic rings. The summed E-state index contributed by atoms with van der Waals surface area (Å²) in [4.78, 5) is 27.4. The van der Waals surface area contributed by atoms with Crippen molar-refractivity contribution >= 4 is 11.8 Å². The number of benzene rings is 2. The van der Waals surface area contributed by atoms with Gasteiger partial charge in [-0.1, -0.05) is 42.0 Å². The first kappa shape index (κ1) is 20.9. The number of hydrogen-bond donors (Lipinski definition) is 1. The van der Waals surface area contributed by atoms with Gasteiger partial charge < -0.3 is 15.0 Å². The number of amides is 2. The molecule has 1 aliphatic rings. The number of piperidine rings is 1. The Morgan fingerprint density at radius 3 is 2.45 bits per heavy atom. The zero-order valence-electron chi connectivity index (χ0n) is 17.5. The molecule has 3 rings (SSSR count). The summed E-state index contributed by atoms with van der Waals surface area (Å²) < 4.78 is 5.18. The van der Waals surface area contributed by atoms with Crippen molar-refractivity contribution in [3.05, 3.63) is 65.2 Å². The molecule has 29 heavy (non-hydrogen) atoms. The van der Waals surface area contributed by atoms with Gasteiger partial charge in [0.05, 0.1) is 19.1 Å². The first-order chi connectivity index (χ1) is 14.0. The SMILES string of the molecule is CCN1C(=O)CC[C@@H](C(=O)NCCc2ccc(OC)cc2)[C@@H]1c1ccc(C)cc1. The van der Waals surface area contributed by atoms with Crippen molar-refractivity contribution in [2.75, 3.05) is 20.2 Å². The molecule has 2 amide bonds. The van der Waals surface area contributed by atoms with Gasteiger partial charge in [0.25, 0.3) is 0 Å². The summed E-state index contributed by atoms with van der Waals surface area (Å²) in [6.07, 6.45) is 1.77. The lowest BCUT2D eigenvalue weighted by Crippen LogP contribution is -2.48. The van der Waals surface area contributed by atoms with E-state index in [0.29, 0.717) is 25.9 Å². The maximum absolute atomic E-state index is 13.0. The summed E-state index contributed by atoms with van der Waals surface area (Å²) in [5, 5.41) is 3.09. The zero-order chi connectivity index (χ0) is 20.8. The third-order valence-corrected chi connectivity index (χ3v) is 5.67. The number of ether oxygens (including phenoxy) is 1. The van der Waals surface area contributed by atoms with Gasteiger partial charge >= 0.3 is 0 Å². The van der Waals surface area contributed by atoms with Gasteiger partial charge in [0, 0.05) is 19.5 Å². The Bertz CT molecular complexity index is 830. The van der Waals surface area contributed by atoms with E-state index in [-0.39, 0.29) is 23.8 Å². The van der Waals surface area contributed by atoms with Crippen molar-refractivity contribution in [1.29, 1.82) is 0 Å². The predicted molar refractivity (Wildman–Crippen MR) is 114 cm³/mol. The molecule has 0 bridgehead atoms. The van der Waals surface area contributed by atoms with Crippen LogP contribution >= 0.6 is 0 Å². The maximum Gasteiger partial charge on any atom is 0.225 e. The monoisotopic (exact) mass is 394 g/mol. The predicted octanol–water partition coefficient (Wildman–Crippen LogP) is 3.66. The molecular weight excluding hydrogens is 364 g/mol. The van der Waals surface area contributed by atoms with Crippen molar-refractivity contribution in [2.45, 2.75) is 39.2 Å². The molecule has 154 valence electrons. The summed E-state index contributed by atoms with van der Waals surface area (Å²) in [5.41, 5.74) is 3.34. The summed E-state index contributed by atoms with van der Waals surface area (Å²) in [5.74, 6) is 0.742. The molecule has 0 radical (unpaired) electrons. The number of carbonyl (C=O) groups is 2. The Morgan fingerprint density at radius 1 is 1.14 bits per heavy atom. The molecular formula is C24H30N2O3. The highest BCUT2D eigenvalue weighted by Gasteiger charge is 2.39. The molecule has 1 aliphatic heterocycles. The molecule has 1 N–H and O–H groups in total. The highest BCUT2D eigenvalue weighted by atomic mass is 16.5. The average molecular weight is 395 g/mol. The Labute approximate surface area is 173 Å². The van der Waals surface area contributed by atoms with Gasteiger partial charge in [-0.15, -0.1) is 0 Å². The summed E-state index contributed by atoms with van der Waals surface area (Å²) in [6.45, 7) is 5.19. The highest BCUT2D eigenvalue weighted by Crippen LogP contribution is 2.36. The number of nitrogens with one attached hydrogen (secondary N) is 1. The Balaban J connectivity index is 1.68. The van der Waals surface area contributed by atoms with Crippen LogP contribution in [-0.4, -0.2) is 36.9 Å². The molecule has 5 heteroatoms. The number of carbonyl (C=O) groups excluding carboxylic acids is 2. The number of hydrogen-bond acceptors (Lipinski definition) is 3. The van der Waals surface area contributed by atoms with Crippen LogP contribution in [0.1, 0.15) is 42.5 Å². The molecule has 0 unspecified atom stereocenters. The van der Waals surface area contributed by atoms with E-state index in [9.17, 15) is 9.59 Å². The fourth-order valence-electron chi connectivity index (χ4n) is 4.03. The maximum atomic E-state index is 13.0. The first-order valence-corrected chi connectivity index (χ1v) is 10.3. The average Bonchev–Trinajstić information content (AvgIpc) is 2.74. The van der Waals surface area contributed by atoms with Crippen molar-refractivity contribution < 1.29 is 14.3 Å². The van der Waals surface area contributed by atoms with Gasteiger partial charge in [0.2, 0.25) is 11.8 Å². The van der Waals surface area contributed by atoms with E-state index in [4.69, 9.17) is 4.74 Å². The van der Waals surface area contributed by atoms with Crippen LogP contribution in [0.25, 0.3) is 0 Å². The van der Waals surface area contributed by atoms with Gasteiger partial charge in [-0.25, -0.2) is 0 Å². The smallest absolute Gasteiger partial charge is 0.225 e. The lowest BCUT2D eigenvalue weighted by atomic mass is 9.83. The van der Waals surface area contributed by atoms with Crippen LogP contribution in [0, 0.1) is 12.8 Å². The minimum atomic E-state index is -0.230. The van der Waals surface area contributed by atoms with Gasteiger partial charge in [0.1, 0.15) is 5.75 Å². The van der Waals surface area contributed by atoms with E-state index in [0.717, 1.165) is 23.3 Å². The quantitative estimate of drug-likeness (QED) is 0.780. The minimum Gasteiger partial charge on any atom is -0.497 e.